The minimum absolute atomic E-state index is 0.0383. The summed E-state index contributed by atoms with van der Waals surface area (Å²) in [7, 11) is 0. The van der Waals surface area contributed by atoms with Crippen molar-refractivity contribution < 1.29 is 18.7 Å². The number of nitrogens with zero attached hydrogens (tertiary/aromatic N) is 3. The standard InChI is InChI=1S/C26H34FN3O3/c27-24-8-6-23(7-9-24)19-29-14-17-33-25(20-29)21-30(11-10-28-12-15-32-16-13-28)26(31)18-22-4-2-1-3-5-22/h1-9,25H,10-21H2. The summed E-state index contributed by atoms with van der Waals surface area (Å²) in [5, 5.41) is 0. The van der Waals surface area contributed by atoms with Gasteiger partial charge in [0.2, 0.25) is 5.91 Å². The molecule has 2 fully saturated rings. The minimum Gasteiger partial charge on any atom is -0.379 e. The number of benzene rings is 2. The summed E-state index contributed by atoms with van der Waals surface area (Å²) < 4.78 is 24.7. The summed E-state index contributed by atoms with van der Waals surface area (Å²) in [5.74, 6) is -0.0832. The van der Waals surface area contributed by atoms with Gasteiger partial charge in [-0.2, -0.15) is 0 Å². The van der Waals surface area contributed by atoms with Crippen LogP contribution >= 0.6 is 0 Å². The predicted octanol–water partition coefficient (Wildman–Crippen LogP) is 2.43. The highest BCUT2D eigenvalue weighted by Crippen LogP contribution is 2.14. The van der Waals surface area contributed by atoms with Gasteiger partial charge in [0.15, 0.2) is 0 Å². The van der Waals surface area contributed by atoms with E-state index in [0.29, 0.717) is 26.1 Å². The predicted molar refractivity (Wildman–Crippen MR) is 125 cm³/mol. The maximum atomic E-state index is 13.2. The van der Waals surface area contributed by atoms with Crippen molar-refractivity contribution >= 4 is 5.91 Å². The Morgan fingerprint density at radius 2 is 1.67 bits per heavy atom. The van der Waals surface area contributed by atoms with Gasteiger partial charge in [0.1, 0.15) is 5.82 Å². The molecule has 33 heavy (non-hydrogen) atoms. The smallest absolute Gasteiger partial charge is 0.227 e. The maximum Gasteiger partial charge on any atom is 0.227 e. The average Bonchev–Trinajstić information content (AvgIpc) is 2.85. The lowest BCUT2D eigenvalue weighted by molar-refractivity contribution is -0.134. The third-order valence-corrected chi connectivity index (χ3v) is 6.31. The highest BCUT2D eigenvalue weighted by Gasteiger charge is 2.26. The fourth-order valence-electron chi connectivity index (χ4n) is 4.42. The highest BCUT2D eigenvalue weighted by atomic mass is 19.1. The summed E-state index contributed by atoms with van der Waals surface area (Å²) >= 11 is 0. The van der Waals surface area contributed by atoms with Gasteiger partial charge in [0, 0.05) is 52.4 Å². The molecule has 0 spiro atoms. The Morgan fingerprint density at radius 1 is 0.939 bits per heavy atom. The van der Waals surface area contributed by atoms with Crippen LogP contribution in [0.5, 0.6) is 0 Å². The Hall–Kier alpha value is -2.32. The van der Waals surface area contributed by atoms with Crippen molar-refractivity contribution in [1.29, 1.82) is 0 Å². The molecule has 0 aromatic heterocycles. The zero-order valence-electron chi connectivity index (χ0n) is 19.2. The van der Waals surface area contributed by atoms with Crippen LogP contribution < -0.4 is 0 Å². The van der Waals surface area contributed by atoms with E-state index in [0.717, 1.165) is 63.6 Å². The fraction of sp³-hybridized carbons (Fsp3) is 0.500. The Morgan fingerprint density at radius 3 is 2.42 bits per heavy atom. The number of carbonyl (C=O) groups excluding carboxylic acids is 1. The highest BCUT2D eigenvalue weighted by molar-refractivity contribution is 5.78. The van der Waals surface area contributed by atoms with Crippen LogP contribution in [0.1, 0.15) is 11.1 Å². The largest absolute Gasteiger partial charge is 0.379 e. The lowest BCUT2D eigenvalue weighted by Crippen LogP contribution is -2.50. The molecule has 1 atom stereocenters. The number of ether oxygens (including phenoxy) is 2. The second-order valence-corrected chi connectivity index (χ2v) is 8.81. The molecule has 2 aliphatic rings. The lowest BCUT2D eigenvalue weighted by Gasteiger charge is -2.37. The number of halogens is 1. The van der Waals surface area contributed by atoms with E-state index in [-0.39, 0.29) is 17.8 Å². The number of carbonyl (C=O) groups is 1. The van der Waals surface area contributed by atoms with Crippen LogP contribution in [0.25, 0.3) is 0 Å². The summed E-state index contributed by atoms with van der Waals surface area (Å²) in [6.45, 7) is 8.41. The molecular formula is C26H34FN3O3. The van der Waals surface area contributed by atoms with Crippen LogP contribution in [0.3, 0.4) is 0 Å². The molecule has 2 aromatic rings. The van der Waals surface area contributed by atoms with E-state index in [4.69, 9.17) is 9.47 Å². The van der Waals surface area contributed by atoms with E-state index in [9.17, 15) is 9.18 Å². The van der Waals surface area contributed by atoms with Gasteiger partial charge in [0.25, 0.3) is 0 Å². The zero-order valence-corrected chi connectivity index (χ0v) is 19.2. The van der Waals surface area contributed by atoms with Gasteiger partial charge in [-0.1, -0.05) is 42.5 Å². The van der Waals surface area contributed by atoms with E-state index >= 15 is 0 Å². The molecule has 1 amide bonds. The fourth-order valence-corrected chi connectivity index (χ4v) is 4.42. The van der Waals surface area contributed by atoms with Crippen molar-refractivity contribution in [3.05, 3.63) is 71.5 Å². The Balaban J connectivity index is 1.36. The molecule has 7 heteroatoms. The van der Waals surface area contributed by atoms with Crippen LogP contribution in [-0.2, 0) is 27.2 Å². The van der Waals surface area contributed by atoms with E-state index in [2.05, 4.69) is 9.80 Å². The van der Waals surface area contributed by atoms with Crippen molar-refractivity contribution in [1.82, 2.24) is 14.7 Å². The van der Waals surface area contributed by atoms with Crippen molar-refractivity contribution in [2.75, 3.05) is 65.6 Å². The van der Waals surface area contributed by atoms with Gasteiger partial charge < -0.3 is 14.4 Å². The quantitative estimate of drug-likeness (QED) is 0.581. The summed E-state index contributed by atoms with van der Waals surface area (Å²) in [6, 6.07) is 16.6. The zero-order chi connectivity index (χ0) is 22.9. The molecule has 0 N–H and O–H groups in total. The van der Waals surface area contributed by atoms with Gasteiger partial charge in [-0.25, -0.2) is 4.39 Å². The SMILES string of the molecule is O=C(Cc1ccccc1)N(CCN1CCOCC1)CC1CN(Cc2ccc(F)cc2)CCO1. The Bertz CT molecular complexity index is 859. The second kappa shape index (κ2) is 12.2. The molecule has 0 bridgehead atoms. The van der Waals surface area contributed by atoms with Gasteiger partial charge in [-0.3, -0.25) is 14.6 Å². The number of amides is 1. The first-order valence-electron chi connectivity index (χ1n) is 11.9. The van der Waals surface area contributed by atoms with Crippen LogP contribution in [-0.4, -0.2) is 92.3 Å². The molecule has 1 unspecified atom stereocenters. The number of hydrogen-bond acceptors (Lipinski definition) is 5. The summed E-state index contributed by atoms with van der Waals surface area (Å²) in [6.07, 6.45) is 0.360. The number of morpholine rings is 2. The van der Waals surface area contributed by atoms with Crippen molar-refractivity contribution in [3.63, 3.8) is 0 Å². The number of hydrogen-bond donors (Lipinski definition) is 0. The van der Waals surface area contributed by atoms with E-state index < -0.39 is 0 Å². The van der Waals surface area contributed by atoms with Gasteiger partial charge in [-0.15, -0.1) is 0 Å². The minimum atomic E-state index is -0.216. The Kier molecular flexibility index (Phi) is 8.83. The van der Waals surface area contributed by atoms with Gasteiger partial charge in [-0.05, 0) is 23.3 Å². The van der Waals surface area contributed by atoms with Crippen molar-refractivity contribution in [2.24, 2.45) is 0 Å². The first-order chi connectivity index (χ1) is 16.2. The van der Waals surface area contributed by atoms with E-state index in [1.165, 1.54) is 12.1 Å². The third kappa shape index (κ3) is 7.61. The molecule has 0 saturated carbocycles. The molecule has 2 saturated heterocycles. The monoisotopic (exact) mass is 455 g/mol. The molecule has 0 radical (unpaired) electrons. The molecule has 2 heterocycles. The second-order valence-electron chi connectivity index (χ2n) is 8.81. The van der Waals surface area contributed by atoms with Crippen molar-refractivity contribution in [2.45, 2.75) is 19.1 Å². The average molecular weight is 456 g/mol. The van der Waals surface area contributed by atoms with Crippen molar-refractivity contribution in [3.8, 4) is 0 Å². The number of rotatable bonds is 9. The summed E-state index contributed by atoms with van der Waals surface area (Å²) in [4.78, 5) is 19.9. The molecule has 2 aromatic carbocycles. The van der Waals surface area contributed by atoms with E-state index in [1.807, 2.05) is 47.4 Å². The molecule has 0 aliphatic carbocycles. The van der Waals surface area contributed by atoms with E-state index in [1.54, 1.807) is 0 Å². The molecular weight excluding hydrogens is 421 g/mol. The first kappa shape index (κ1) is 23.8. The maximum absolute atomic E-state index is 13.2. The summed E-state index contributed by atoms with van der Waals surface area (Å²) in [5.41, 5.74) is 2.11. The molecule has 4 rings (SSSR count). The Labute approximate surface area is 195 Å². The normalized spacial score (nSPS) is 20.0. The van der Waals surface area contributed by atoms with Crippen LogP contribution in [0, 0.1) is 5.82 Å². The molecule has 2 aliphatic heterocycles. The lowest BCUT2D eigenvalue weighted by atomic mass is 10.1. The van der Waals surface area contributed by atoms with Crippen LogP contribution in [0.4, 0.5) is 4.39 Å². The van der Waals surface area contributed by atoms with Gasteiger partial charge in [0.05, 0.1) is 32.3 Å². The third-order valence-electron chi connectivity index (χ3n) is 6.31. The van der Waals surface area contributed by atoms with Gasteiger partial charge >= 0.3 is 0 Å². The topological polar surface area (TPSA) is 45.2 Å². The molecule has 6 nitrogen and oxygen atoms in total. The molecule has 178 valence electrons. The van der Waals surface area contributed by atoms with Crippen LogP contribution in [0.2, 0.25) is 0 Å². The first-order valence-corrected chi connectivity index (χ1v) is 11.9. The van der Waals surface area contributed by atoms with Crippen LogP contribution in [0.15, 0.2) is 54.6 Å².